The molecule has 0 radical (unpaired) electrons. The number of likely N-dealkylation sites (N-methyl/N-ethyl adjacent to an activating group) is 1. The number of nitrogens with two attached hydrogens (primary N) is 1. The van der Waals surface area contributed by atoms with Crippen molar-refractivity contribution in [2.45, 2.75) is 66.0 Å². The Bertz CT molecular complexity index is 720. The second kappa shape index (κ2) is 9.82. The molecule has 156 valence electrons. The van der Waals surface area contributed by atoms with Gasteiger partial charge in [0.2, 0.25) is 5.91 Å². The normalized spacial score (nSPS) is 13.8. The molecule has 0 aliphatic heterocycles. The Kier molecular flexibility index (Phi) is 8.36. The molecule has 0 bridgehead atoms. The number of nitrogens with one attached hydrogen (secondary N) is 1. The van der Waals surface area contributed by atoms with Crippen molar-refractivity contribution in [1.29, 1.82) is 0 Å². The zero-order valence-corrected chi connectivity index (χ0v) is 18.1. The minimum absolute atomic E-state index is 0.130. The molecule has 1 aromatic carbocycles. The minimum Gasteiger partial charge on any atom is -0.456 e. The summed E-state index contributed by atoms with van der Waals surface area (Å²) < 4.78 is 5.50. The van der Waals surface area contributed by atoms with E-state index in [-0.39, 0.29) is 29.6 Å². The molecule has 0 heterocycles. The van der Waals surface area contributed by atoms with Crippen molar-refractivity contribution in [1.82, 2.24) is 5.32 Å². The van der Waals surface area contributed by atoms with E-state index in [4.69, 9.17) is 10.5 Å². The van der Waals surface area contributed by atoms with Crippen LogP contribution in [-0.2, 0) is 16.0 Å². The molecule has 3 N–H and O–H groups in total. The van der Waals surface area contributed by atoms with Gasteiger partial charge in [0.25, 0.3) is 0 Å². The molecule has 6 nitrogen and oxygen atoms in total. The first-order chi connectivity index (χ1) is 12.9. The fraction of sp³-hybridized carbons (Fsp3) is 0.591. The fourth-order valence-electron chi connectivity index (χ4n) is 3.14. The number of ketones is 1. The van der Waals surface area contributed by atoms with Crippen LogP contribution in [0.3, 0.4) is 0 Å². The van der Waals surface area contributed by atoms with Crippen molar-refractivity contribution in [2.24, 2.45) is 17.6 Å². The Morgan fingerprint density at radius 2 is 1.75 bits per heavy atom. The van der Waals surface area contributed by atoms with Gasteiger partial charge in [-0.3, -0.25) is 9.59 Å². The molecule has 0 aliphatic rings. The number of carbonyl (C=O) groups excluding carboxylic acids is 3. The summed E-state index contributed by atoms with van der Waals surface area (Å²) in [5.74, 6) is -0.934. The van der Waals surface area contributed by atoms with Crippen LogP contribution >= 0.6 is 0 Å². The van der Waals surface area contributed by atoms with E-state index in [1.54, 1.807) is 39.0 Å². The molecule has 2 atom stereocenters. The average molecular weight is 391 g/mol. The molecule has 0 aliphatic carbocycles. The van der Waals surface area contributed by atoms with Gasteiger partial charge in [0.1, 0.15) is 5.60 Å². The third-order valence-electron chi connectivity index (χ3n) is 4.31. The van der Waals surface area contributed by atoms with Crippen molar-refractivity contribution in [3.05, 3.63) is 34.9 Å². The van der Waals surface area contributed by atoms with Crippen LogP contribution in [0.1, 0.15) is 74.2 Å². The molecule has 6 heteroatoms. The lowest BCUT2D eigenvalue weighted by Crippen LogP contribution is -2.40. The van der Waals surface area contributed by atoms with E-state index in [9.17, 15) is 14.4 Å². The summed E-state index contributed by atoms with van der Waals surface area (Å²) in [6.45, 7) is 11.3. The van der Waals surface area contributed by atoms with Gasteiger partial charge in [-0.05, 0) is 51.2 Å². The third-order valence-corrected chi connectivity index (χ3v) is 4.31. The van der Waals surface area contributed by atoms with Crippen LogP contribution in [0.4, 0.5) is 0 Å². The number of ether oxygens (including phenoxy) is 1. The zero-order chi connectivity index (χ0) is 21.6. The maximum Gasteiger partial charge on any atom is 0.339 e. The molecular weight excluding hydrogens is 356 g/mol. The Balaban J connectivity index is 3.43. The highest BCUT2D eigenvalue weighted by Crippen LogP contribution is 2.25. The van der Waals surface area contributed by atoms with E-state index in [1.807, 2.05) is 20.8 Å². The Labute approximate surface area is 168 Å². The van der Waals surface area contributed by atoms with Crippen LogP contribution in [0.2, 0.25) is 0 Å². The number of carbonyl (C=O) groups is 3. The monoisotopic (exact) mass is 390 g/mol. The molecule has 0 saturated carbocycles. The predicted molar refractivity (Wildman–Crippen MR) is 110 cm³/mol. The van der Waals surface area contributed by atoms with Crippen LogP contribution in [-0.4, -0.2) is 36.4 Å². The summed E-state index contributed by atoms with van der Waals surface area (Å²) in [4.78, 5) is 37.9. The highest BCUT2D eigenvalue weighted by molar-refractivity contribution is 6.08. The molecule has 1 rings (SSSR count). The lowest BCUT2D eigenvalue weighted by atomic mass is 9.85. The van der Waals surface area contributed by atoms with Crippen LogP contribution in [0.5, 0.6) is 0 Å². The summed E-state index contributed by atoms with van der Waals surface area (Å²) >= 11 is 0. The quantitative estimate of drug-likeness (QED) is 0.525. The smallest absolute Gasteiger partial charge is 0.339 e. The van der Waals surface area contributed by atoms with Crippen LogP contribution in [0.15, 0.2) is 18.2 Å². The highest BCUT2D eigenvalue weighted by atomic mass is 16.6. The van der Waals surface area contributed by atoms with Gasteiger partial charge in [0.15, 0.2) is 5.78 Å². The molecular formula is C22H34N2O4. The number of Topliss-reactive ketones (excluding diaryl/α,β-unsaturated/α-hetero) is 1. The van der Waals surface area contributed by atoms with E-state index >= 15 is 0 Å². The van der Waals surface area contributed by atoms with Crippen molar-refractivity contribution in [2.75, 3.05) is 7.05 Å². The van der Waals surface area contributed by atoms with Crippen LogP contribution in [0, 0.1) is 11.8 Å². The topological polar surface area (TPSA) is 98.5 Å². The van der Waals surface area contributed by atoms with Crippen molar-refractivity contribution in [3.63, 3.8) is 0 Å². The second-order valence-corrected chi connectivity index (χ2v) is 8.66. The van der Waals surface area contributed by atoms with Crippen LogP contribution in [0.25, 0.3) is 0 Å². The van der Waals surface area contributed by atoms with E-state index in [1.165, 1.54) is 7.05 Å². The molecule has 28 heavy (non-hydrogen) atoms. The summed E-state index contributed by atoms with van der Waals surface area (Å²) in [5, 5.41) is 2.51. The summed E-state index contributed by atoms with van der Waals surface area (Å²) in [6.07, 6.45) is 0.855. The molecule has 1 amide bonds. The van der Waals surface area contributed by atoms with E-state index < -0.39 is 17.6 Å². The Hall–Kier alpha value is -2.21. The standard InChI is InChI=1S/C22H34N2O4/c1-13(2)11-14(3)19(25)18-15(12-17(23)20(26)24-7)9-8-10-16(18)21(27)28-22(4,5)6/h8-10,13-14,17H,11-12,23H2,1-7H3,(H,24,26)/t14-,17+/m1/s1. The van der Waals surface area contributed by atoms with Gasteiger partial charge in [0.05, 0.1) is 11.6 Å². The minimum atomic E-state index is -0.814. The maximum atomic E-state index is 13.3. The lowest BCUT2D eigenvalue weighted by Gasteiger charge is -2.23. The van der Waals surface area contributed by atoms with Crippen LogP contribution < -0.4 is 11.1 Å². The summed E-state index contributed by atoms with van der Waals surface area (Å²) in [6, 6.07) is 4.21. The zero-order valence-electron chi connectivity index (χ0n) is 18.1. The number of rotatable bonds is 8. The first-order valence-corrected chi connectivity index (χ1v) is 9.74. The van der Waals surface area contributed by atoms with Crippen molar-refractivity contribution >= 4 is 17.7 Å². The largest absolute Gasteiger partial charge is 0.456 e. The first kappa shape index (κ1) is 23.8. The SMILES string of the molecule is CNC(=O)[C@@H](N)Cc1cccc(C(=O)OC(C)(C)C)c1C(=O)[C@H](C)CC(C)C. The number of amides is 1. The van der Waals surface area contributed by atoms with Gasteiger partial charge in [-0.15, -0.1) is 0 Å². The number of hydrogen-bond acceptors (Lipinski definition) is 5. The Morgan fingerprint density at radius 3 is 2.25 bits per heavy atom. The fourth-order valence-corrected chi connectivity index (χ4v) is 3.14. The molecule has 1 aromatic rings. The van der Waals surface area contributed by atoms with Crippen molar-refractivity contribution in [3.8, 4) is 0 Å². The molecule has 0 spiro atoms. The lowest BCUT2D eigenvalue weighted by molar-refractivity contribution is -0.121. The van der Waals surface area contributed by atoms with Gasteiger partial charge in [-0.2, -0.15) is 0 Å². The maximum absolute atomic E-state index is 13.3. The van der Waals surface area contributed by atoms with E-state index in [0.29, 0.717) is 23.5 Å². The molecule has 0 saturated heterocycles. The summed E-state index contributed by atoms with van der Waals surface area (Å²) in [7, 11) is 1.51. The summed E-state index contributed by atoms with van der Waals surface area (Å²) in [5.41, 5.74) is 6.40. The first-order valence-electron chi connectivity index (χ1n) is 9.74. The van der Waals surface area contributed by atoms with Gasteiger partial charge in [-0.1, -0.05) is 32.9 Å². The molecule has 0 unspecified atom stereocenters. The molecule has 0 aromatic heterocycles. The second-order valence-electron chi connectivity index (χ2n) is 8.66. The number of hydrogen-bond donors (Lipinski definition) is 2. The third kappa shape index (κ3) is 6.75. The Morgan fingerprint density at radius 1 is 1.14 bits per heavy atom. The average Bonchev–Trinajstić information content (AvgIpc) is 2.57. The van der Waals surface area contributed by atoms with Gasteiger partial charge >= 0.3 is 5.97 Å². The van der Waals surface area contributed by atoms with E-state index in [2.05, 4.69) is 5.32 Å². The number of esters is 1. The number of benzene rings is 1. The van der Waals surface area contributed by atoms with Gasteiger partial charge in [-0.25, -0.2) is 4.79 Å². The molecule has 0 fully saturated rings. The van der Waals surface area contributed by atoms with Crippen molar-refractivity contribution < 1.29 is 19.1 Å². The van der Waals surface area contributed by atoms with Gasteiger partial charge in [0, 0.05) is 18.5 Å². The van der Waals surface area contributed by atoms with Gasteiger partial charge < -0.3 is 15.8 Å². The highest BCUT2D eigenvalue weighted by Gasteiger charge is 2.29. The predicted octanol–water partition coefficient (Wildman–Crippen LogP) is 3.12. The van der Waals surface area contributed by atoms with E-state index in [0.717, 1.165) is 0 Å².